The fourth-order valence-electron chi connectivity index (χ4n) is 2.32. The quantitative estimate of drug-likeness (QED) is 0.897. The molecule has 0 bridgehead atoms. The summed E-state index contributed by atoms with van der Waals surface area (Å²) in [7, 11) is 0. The summed E-state index contributed by atoms with van der Waals surface area (Å²) < 4.78 is 38.2. The van der Waals surface area contributed by atoms with E-state index < -0.39 is 6.18 Å². The second-order valence-electron chi connectivity index (χ2n) is 5.63. The molecule has 1 aliphatic rings. The van der Waals surface area contributed by atoms with Gasteiger partial charge in [-0.3, -0.25) is 0 Å². The molecule has 0 saturated heterocycles. The molecule has 0 atom stereocenters. The van der Waals surface area contributed by atoms with E-state index in [1.54, 1.807) is 24.3 Å². The lowest BCUT2D eigenvalue weighted by molar-refractivity contribution is -0.0790. The van der Waals surface area contributed by atoms with E-state index in [4.69, 9.17) is 0 Å². The van der Waals surface area contributed by atoms with E-state index in [1.807, 2.05) is 10.9 Å². The van der Waals surface area contributed by atoms with Gasteiger partial charge >= 0.3 is 6.18 Å². The number of halogens is 3. The van der Waals surface area contributed by atoms with E-state index in [0.717, 1.165) is 30.3 Å². The van der Waals surface area contributed by atoms with Crippen molar-refractivity contribution in [1.29, 1.82) is 0 Å². The molecule has 3 rings (SSSR count). The molecule has 1 aromatic carbocycles. The Morgan fingerprint density at radius 1 is 1.22 bits per heavy atom. The zero-order valence-corrected chi connectivity index (χ0v) is 12.4. The van der Waals surface area contributed by atoms with Gasteiger partial charge < -0.3 is 5.32 Å². The number of hydrogen-bond donors (Lipinski definition) is 1. The van der Waals surface area contributed by atoms with E-state index in [0.29, 0.717) is 18.2 Å². The lowest BCUT2D eigenvalue weighted by atomic mass is 9.93. The van der Waals surface area contributed by atoms with Crippen molar-refractivity contribution in [2.45, 2.75) is 38.0 Å². The first kappa shape index (κ1) is 15.6. The van der Waals surface area contributed by atoms with Crippen molar-refractivity contribution in [2.24, 2.45) is 0 Å². The maximum atomic E-state index is 12.1. The van der Waals surface area contributed by atoms with Crippen molar-refractivity contribution in [3.05, 3.63) is 47.8 Å². The first-order valence-electron chi connectivity index (χ1n) is 7.50. The first-order valence-corrected chi connectivity index (χ1v) is 7.50. The van der Waals surface area contributed by atoms with Gasteiger partial charge in [0.15, 0.2) is 0 Å². The van der Waals surface area contributed by atoms with Crippen LogP contribution in [0, 0.1) is 0 Å². The maximum Gasteiger partial charge on any atom is 0.409 e. The molecule has 0 spiro atoms. The highest BCUT2D eigenvalue weighted by Gasteiger charge is 2.22. The van der Waals surface area contributed by atoms with Crippen molar-refractivity contribution in [3.8, 4) is 0 Å². The minimum Gasteiger partial charge on any atom is -0.379 e. The molecule has 0 radical (unpaired) electrons. The Morgan fingerprint density at radius 3 is 2.57 bits per heavy atom. The largest absolute Gasteiger partial charge is 0.409 e. The Bertz CT molecular complexity index is 669. The Labute approximate surface area is 132 Å². The molecule has 7 heteroatoms. The van der Waals surface area contributed by atoms with Crippen molar-refractivity contribution < 1.29 is 13.2 Å². The third-order valence-corrected chi connectivity index (χ3v) is 3.86. The van der Waals surface area contributed by atoms with Gasteiger partial charge in [0.25, 0.3) is 0 Å². The molecule has 0 aliphatic heterocycles. The third kappa shape index (κ3) is 4.34. The van der Waals surface area contributed by atoms with Crippen molar-refractivity contribution in [2.75, 3.05) is 5.32 Å². The lowest BCUT2D eigenvalue weighted by Crippen LogP contribution is -2.17. The normalized spacial score (nSPS) is 15.8. The molecule has 122 valence electrons. The van der Waals surface area contributed by atoms with Gasteiger partial charge in [0.2, 0.25) is 0 Å². The molecular weight excluding hydrogens is 305 g/mol. The predicted octanol–water partition coefficient (Wildman–Crippen LogP) is 4.19. The Balaban J connectivity index is 1.54. The van der Waals surface area contributed by atoms with Gasteiger partial charge in [0.05, 0.1) is 18.8 Å². The fourth-order valence-corrected chi connectivity index (χ4v) is 2.32. The highest BCUT2D eigenvalue weighted by atomic mass is 19.4. The molecule has 4 nitrogen and oxygen atoms in total. The summed E-state index contributed by atoms with van der Waals surface area (Å²) in [6.07, 6.45) is 2.49. The van der Waals surface area contributed by atoms with Gasteiger partial charge in [-0.15, -0.1) is 5.10 Å². The van der Waals surface area contributed by atoms with Crippen LogP contribution in [0.2, 0.25) is 0 Å². The summed E-state index contributed by atoms with van der Waals surface area (Å²) in [6.45, 7) is 0.532. The molecule has 23 heavy (non-hydrogen) atoms. The highest BCUT2D eigenvalue weighted by Crippen LogP contribution is 2.30. The Morgan fingerprint density at radius 2 is 1.96 bits per heavy atom. The smallest absolute Gasteiger partial charge is 0.379 e. The van der Waals surface area contributed by atoms with Gasteiger partial charge in [0.1, 0.15) is 5.69 Å². The number of benzene rings is 1. The number of rotatable bonds is 5. The Kier molecular flexibility index (Phi) is 4.36. The van der Waals surface area contributed by atoms with Gasteiger partial charge in [-0.05, 0) is 37.0 Å². The average Bonchev–Trinajstić information content (AvgIpc) is 2.90. The van der Waals surface area contributed by atoms with Crippen LogP contribution in [0.5, 0.6) is 0 Å². The van der Waals surface area contributed by atoms with Crippen molar-refractivity contribution in [3.63, 3.8) is 0 Å². The summed E-state index contributed by atoms with van der Waals surface area (Å²) in [5.41, 5.74) is 2.18. The number of allylic oxidation sites excluding steroid dienone is 1. The number of alkyl halides is 3. The number of nitrogens with one attached hydrogen (secondary N) is 1. The van der Waals surface area contributed by atoms with Crippen LogP contribution in [0.4, 0.5) is 18.9 Å². The van der Waals surface area contributed by atoms with E-state index >= 15 is 0 Å². The summed E-state index contributed by atoms with van der Waals surface area (Å²) in [5, 5.41) is 11.4. The van der Waals surface area contributed by atoms with Crippen LogP contribution in [-0.2, 0) is 6.54 Å². The van der Waals surface area contributed by atoms with Gasteiger partial charge in [-0.25, -0.2) is 4.68 Å². The lowest BCUT2D eigenvalue weighted by Gasteiger charge is -2.24. The SMILES string of the molecule is FC(F)(F)/C=C/c1ccc(NCc2cn(C3CCC3)nn2)cc1. The van der Waals surface area contributed by atoms with Gasteiger partial charge in [-0.1, -0.05) is 23.4 Å². The van der Waals surface area contributed by atoms with E-state index in [-0.39, 0.29) is 6.08 Å². The average molecular weight is 322 g/mol. The van der Waals surface area contributed by atoms with Gasteiger partial charge in [0, 0.05) is 11.8 Å². The van der Waals surface area contributed by atoms with E-state index in [2.05, 4.69) is 15.6 Å². The zero-order chi connectivity index (χ0) is 16.3. The molecule has 1 saturated carbocycles. The van der Waals surface area contributed by atoms with Crippen LogP contribution >= 0.6 is 0 Å². The van der Waals surface area contributed by atoms with Crippen molar-refractivity contribution in [1.82, 2.24) is 15.0 Å². The van der Waals surface area contributed by atoms with Crippen LogP contribution in [0.25, 0.3) is 6.08 Å². The standard InChI is InChI=1S/C16H17F3N4/c17-16(18,19)9-8-12-4-6-13(7-5-12)20-10-14-11-23(22-21-14)15-2-1-3-15/h4-9,11,15,20H,1-3,10H2/b9-8+. The Hall–Kier alpha value is -2.31. The summed E-state index contributed by atoms with van der Waals surface area (Å²) in [5.74, 6) is 0. The van der Waals surface area contributed by atoms with Crippen LogP contribution in [0.3, 0.4) is 0 Å². The first-order chi connectivity index (χ1) is 11.0. The monoisotopic (exact) mass is 322 g/mol. The summed E-state index contributed by atoms with van der Waals surface area (Å²) in [4.78, 5) is 0. The highest BCUT2D eigenvalue weighted by molar-refractivity contribution is 5.55. The van der Waals surface area contributed by atoms with Crippen LogP contribution in [-0.4, -0.2) is 21.2 Å². The van der Waals surface area contributed by atoms with Crippen LogP contribution in [0.15, 0.2) is 36.5 Å². The van der Waals surface area contributed by atoms with E-state index in [9.17, 15) is 13.2 Å². The van der Waals surface area contributed by atoms with Gasteiger partial charge in [-0.2, -0.15) is 13.2 Å². The molecule has 1 fully saturated rings. The molecule has 2 aromatic rings. The molecule has 1 N–H and O–H groups in total. The zero-order valence-electron chi connectivity index (χ0n) is 12.4. The number of anilines is 1. The second kappa shape index (κ2) is 6.44. The molecule has 1 aromatic heterocycles. The minimum absolute atomic E-state index is 0.230. The summed E-state index contributed by atoms with van der Waals surface area (Å²) in [6, 6.07) is 7.24. The number of nitrogens with zero attached hydrogens (tertiary/aromatic N) is 3. The van der Waals surface area contributed by atoms with Crippen LogP contribution in [0.1, 0.15) is 36.6 Å². The minimum atomic E-state index is -4.29. The molecule has 1 heterocycles. The molecule has 1 aliphatic carbocycles. The molecule has 0 amide bonds. The topological polar surface area (TPSA) is 42.7 Å². The number of aromatic nitrogens is 3. The maximum absolute atomic E-state index is 12.1. The summed E-state index contributed by atoms with van der Waals surface area (Å²) >= 11 is 0. The third-order valence-electron chi connectivity index (χ3n) is 3.86. The number of hydrogen-bond acceptors (Lipinski definition) is 3. The molecular formula is C16H17F3N4. The van der Waals surface area contributed by atoms with E-state index in [1.165, 1.54) is 6.42 Å². The predicted molar refractivity (Wildman–Crippen MR) is 81.8 cm³/mol. The van der Waals surface area contributed by atoms with Crippen molar-refractivity contribution >= 4 is 11.8 Å². The second-order valence-corrected chi connectivity index (χ2v) is 5.63. The van der Waals surface area contributed by atoms with Crippen LogP contribution < -0.4 is 5.32 Å². The molecule has 0 unspecified atom stereocenters. The fraction of sp³-hybridized carbons (Fsp3) is 0.375.